The van der Waals surface area contributed by atoms with Gasteiger partial charge in [0.25, 0.3) is 0 Å². The number of hydrogen-bond donors (Lipinski definition) is 1. The van der Waals surface area contributed by atoms with Crippen molar-refractivity contribution in [2.75, 3.05) is 20.3 Å². The van der Waals surface area contributed by atoms with Gasteiger partial charge in [-0.15, -0.1) is 0 Å². The Kier molecular flexibility index (Phi) is 5.36. The molecule has 1 aromatic rings. The van der Waals surface area contributed by atoms with Gasteiger partial charge < -0.3 is 14.6 Å². The van der Waals surface area contributed by atoms with Crippen LogP contribution in [0.3, 0.4) is 0 Å². The first kappa shape index (κ1) is 12.2. The highest BCUT2D eigenvalue weighted by atomic mass is 16.5. The van der Waals surface area contributed by atoms with E-state index in [-0.39, 0.29) is 0 Å². The highest BCUT2D eigenvalue weighted by molar-refractivity contribution is 4.98. The zero-order valence-corrected chi connectivity index (χ0v) is 9.86. The van der Waals surface area contributed by atoms with Gasteiger partial charge in [-0.05, 0) is 19.4 Å². The van der Waals surface area contributed by atoms with Gasteiger partial charge in [-0.3, -0.25) is 0 Å². The highest BCUT2D eigenvalue weighted by Crippen LogP contribution is 2.13. The van der Waals surface area contributed by atoms with E-state index in [2.05, 4.69) is 21.8 Å². The van der Waals surface area contributed by atoms with Crippen LogP contribution in [0.25, 0.3) is 0 Å². The molecule has 0 aliphatic rings. The third-order valence-corrected chi connectivity index (χ3v) is 2.42. The zero-order chi connectivity index (χ0) is 11.1. The summed E-state index contributed by atoms with van der Waals surface area (Å²) in [7, 11) is 3.76. The van der Waals surface area contributed by atoms with Crippen molar-refractivity contribution in [2.24, 2.45) is 7.05 Å². The molecule has 0 aliphatic carbocycles. The fourth-order valence-electron chi connectivity index (χ4n) is 1.59. The lowest BCUT2D eigenvalue weighted by Gasteiger charge is -2.17. The van der Waals surface area contributed by atoms with E-state index >= 15 is 0 Å². The summed E-state index contributed by atoms with van der Waals surface area (Å²) in [5.74, 6) is 1.08. The van der Waals surface area contributed by atoms with Crippen LogP contribution in [0.5, 0.6) is 0 Å². The molecule has 1 atom stereocenters. The molecule has 1 N–H and O–H groups in total. The Bertz CT molecular complexity index is 265. The number of aryl methyl sites for hydroxylation is 1. The van der Waals surface area contributed by atoms with Crippen molar-refractivity contribution in [3.8, 4) is 0 Å². The summed E-state index contributed by atoms with van der Waals surface area (Å²) in [5.41, 5.74) is 0. The lowest BCUT2D eigenvalue weighted by Crippen LogP contribution is -2.25. The maximum absolute atomic E-state index is 5.11. The molecule has 1 heterocycles. The van der Waals surface area contributed by atoms with Crippen molar-refractivity contribution in [3.63, 3.8) is 0 Å². The van der Waals surface area contributed by atoms with Crippen LogP contribution < -0.4 is 5.32 Å². The summed E-state index contributed by atoms with van der Waals surface area (Å²) in [4.78, 5) is 4.37. The summed E-state index contributed by atoms with van der Waals surface area (Å²) in [6.07, 6.45) is 5.90. The lowest BCUT2D eigenvalue weighted by molar-refractivity contribution is 0.181. The van der Waals surface area contributed by atoms with Gasteiger partial charge in [0.05, 0.1) is 6.04 Å². The average Bonchev–Trinajstić information content (AvgIpc) is 2.65. The maximum atomic E-state index is 5.11. The van der Waals surface area contributed by atoms with Crippen molar-refractivity contribution in [1.29, 1.82) is 0 Å². The molecule has 0 fully saturated rings. The Morgan fingerprint density at radius 2 is 2.40 bits per heavy atom. The fourth-order valence-corrected chi connectivity index (χ4v) is 1.59. The summed E-state index contributed by atoms with van der Waals surface area (Å²) >= 11 is 0. The van der Waals surface area contributed by atoms with E-state index in [4.69, 9.17) is 4.74 Å². The van der Waals surface area contributed by atoms with Gasteiger partial charge in [0, 0.05) is 33.2 Å². The van der Waals surface area contributed by atoms with Gasteiger partial charge in [0.15, 0.2) is 0 Å². The molecular formula is C11H21N3O. The predicted molar refractivity (Wildman–Crippen MR) is 60.7 cm³/mol. The van der Waals surface area contributed by atoms with Crippen molar-refractivity contribution in [2.45, 2.75) is 25.8 Å². The summed E-state index contributed by atoms with van der Waals surface area (Å²) in [6, 6.07) is 0.296. The fraction of sp³-hybridized carbons (Fsp3) is 0.727. The average molecular weight is 211 g/mol. The second-order valence-corrected chi connectivity index (χ2v) is 3.68. The normalized spacial score (nSPS) is 13.0. The monoisotopic (exact) mass is 211 g/mol. The third kappa shape index (κ3) is 3.64. The molecule has 0 saturated carbocycles. The Hall–Kier alpha value is -0.870. The molecule has 4 nitrogen and oxygen atoms in total. The minimum Gasteiger partial charge on any atom is -0.385 e. The first-order chi connectivity index (χ1) is 7.29. The summed E-state index contributed by atoms with van der Waals surface area (Å²) in [5, 5.41) is 3.48. The molecular weight excluding hydrogens is 190 g/mol. The number of aromatic nitrogens is 2. The Labute approximate surface area is 91.7 Å². The summed E-state index contributed by atoms with van der Waals surface area (Å²) < 4.78 is 7.17. The van der Waals surface area contributed by atoms with Crippen LogP contribution in [0.2, 0.25) is 0 Å². The number of nitrogens with one attached hydrogen (secondary N) is 1. The third-order valence-electron chi connectivity index (χ3n) is 2.42. The number of methoxy groups -OCH3 is 1. The summed E-state index contributed by atoms with van der Waals surface area (Å²) in [6.45, 7) is 3.94. The van der Waals surface area contributed by atoms with Crippen LogP contribution >= 0.6 is 0 Å². The first-order valence-electron chi connectivity index (χ1n) is 5.49. The topological polar surface area (TPSA) is 39.1 Å². The van der Waals surface area contributed by atoms with Gasteiger partial charge in [-0.1, -0.05) is 6.92 Å². The molecule has 0 aromatic carbocycles. The van der Waals surface area contributed by atoms with Crippen molar-refractivity contribution in [3.05, 3.63) is 18.2 Å². The quantitative estimate of drug-likeness (QED) is 0.743. The molecule has 15 heavy (non-hydrogen) atoms. The van der Waals surface area contributed by atoms with Crippen LogP contribution in [-0.4, -0.2) is 29.8 Å². The van der Waals surface area contributed by atoms with Crippen molar-refractivity contribution >= 4 is 0 Å². The van der Waals surface area contributed by atoms with E-state index in [1.54, 1.807) is 7.11 Å². The number of ether oxygens (including phenoxy) is 1. The van der Waals surface area contributed by atoms with Gasteiger partial charge in [0.1, 0.15) is 5.82 Å². The molecule has 0 bridgehead atoms. The highest BCUT2D eigenvalue weighted by Gasteiger charge is 2.14. The molecule has 1 unspecified atom stereocenters. The largest absolute Gasteiger partial charge is 0.385 e. The number of hydrogen-bond acceptors (Lipinski definition) is 3. The van der Waals surface area contributed by atoms with Crippen LogP contribution in [0.1, 0.15) is 31.6 Å². The number of imidazole rings is 1. The number of rotatable bonds is 7. The van der Waals surface area contributed by atoms with E-state index in [0.29, 0.717) is 6.04 Å². The van der Waals surface area contributed by atoms with Crippen LogP contribution in [0, 0.1) is 0 Å². The lowest BCUT2D eigenvalue weighted by atomic mass is 10.2. The first-order valence-corrected chi connectivity index (χ1v) is 5.49. The molecule has 0 aliphatic heterocycles. The molecule has 0 saturated heterocycles. The standard InChI is InChI=1S/C11H21N3O/c1-4-6-12-10(5-9-15-3)11-13-7-8-14(11)2/h7-8,10,12H,4-6,9H2,1-3H3. The molecule has 0 radical (unpaired) electrons. The van der Waals surface area contributed by atoms with E-state index in [9.17, 15) is 0 Å². The minimum absolute atomic E-state index is 0.296. The van der Waals surface area contributed by atoms with E-state index in [0.717, 1.165) is 31.8 Å². The maximum Gasteiger partial charge on any atom is 0.125 e. The van der Waals surface area contributed by atoms with Gasteiger partial charge in [-0.2, -0.15) is 0 Å². The Morgan fingerprint density at radius 3 is 2.93 bits per heavy atom. The van der Waals surface area contributed by atoms with Crippen LogP contribution in [0.4, 0.5) is 0 Å². The molecule has 86 valence electrons. The van der Waals surface area contributed by atoms with Gasteiger partial charge in [0.2, 0.25) is 0 Å². The molecule has 4 heteroatoms. The molecule has 0 amide bonds. The van der Waals surface area contributed by atoms with Crippen LogP contribution in [-0.2, 0) is 11.8 Å². The zero-order valence-electron chi connectivity index (χ0n) is 9.86. The van der Waals surface area contributed by atoms with Gasteiger partial charge in [-0.25, -0.2) is 4.98 Å². The van der Waals surface area contributed by atoms with Gasteiger partial charge >= 0.3 is 0 Å². The second kappa shape index (κ2) is 6.58. The minimum atomic E-state index is 0.296. The van der Waals surface area contributed by atoms with E-state index < -0.39 is 0 Å². The SMILES string of the molecule is CCCNC(CCOC)c1nccn1C. The van der Waals surface area contributed by atoms with Crippen molar-refractivity contribution < 1.29 is 4.74 Å². The number of nitrogens with zero attached hydrogens (tertiary/aromatic N) is 2. The van der Waals surface area contributed by atoms with Crippen LogP contribution in [0.15, 0.2) is 12.4 Å². The predicted octanol–water partition coefficient (Wildman–Crippen LogP) is 1.50. The Balaban J connectivity index is 2.58. The smallest absolute Gasteiger partial charge is 0.125 e. The molecule has 1 aromatic heterocycles. The molecule has 1 rings (SSSR count). The van der Waals surface area contributed by atoms with E-state index in [1.807, 2.05) is 19.4 Å². The second-order valence-electron chi connectivity index (χ2n) is 3.68. The Morgan fingerprint density at radius 1 is 1.60 bits per heavy atom. The van der Waals surface area contributed by atoms with E-state index in [1.165, 1.54) is 0 Å². The van der Waals surface area contributed by atoms with Crippen molar-refractivity contribution in [1.82, 2.24) is 14.9 Å². The molecule has 0 spiro atoms.